The van der Waals surface area contributed by atoms with E-state index in [2.05, 4.69) is 20.5 Å². The maximum atomic E-state index is 12.6. The molecule has 134 valence electrons. The van der Waals surface area contributed by atoms with Gasteiger partial charge in [0.25, 0.3) is 11.8 Å². The van der Waals surface area contributed by atoms with Gasteiger partial charge in [0.15, 0.2) is 5.76 Å². The lowest BCUT2D eigenvalue weighted by Gasteiger charge is -2.08. The van der Waals surface area contributed by atoms with E-state index in [1.807, 2.05) is 32.0 Å². The number of aryl methyl sites for hydroxylation is 2. The summed E-state index contributed by atoms with van der Waals surface area (Å²) in [5, 5.41) is 10.8. The van der Waals surface area contributed by atoms with Crippen LogP contribution in [0.3, 0.4) is 0 Å². The summed E-state index contributed by atoms with van der Waals surface area (Å²) in [4.78, 5) is 16.8. The Morgan fingerprint density at radius 3 is 2.70 bits per heavy atom. The van der Waals surface area contributed by atoms with E-state index in [9.17, 15) is 4.79 Å². The van der Waals surface area contributed by atoms with E-state index in [0.29, 0.717) is 28.6 Å². The minimum atomic E-state index is -0.220. The molecule has 0 aliphatic heterocycles. The molecule has 0 fully saturated rings. The number of nitrogens with zero attached hydrogens (tertiary/aromatic N) is 3. The van der Waals surface area contributed by atoms with Gasteiger partial charge in [0.05, 0.1) is 6.26 Å². The number of nitrogens with one attached hydrogen (secondary N) is 1. The first-order valence-corrected chi connectivity index (χ1v) is 8.32. The molecule has 3 heterocycles. The van der Waals surface area contributed by atoms with E-state index in [0.717, 1.165) is 11.1 Å². The van der Waals surface area contributed by atoms with Crippen molar-refractivity contribution >= 4 is 11.7 Å². The Morgan fingerprint density at radius 1 is 1.04 bits per heavy atom. The normalized spacial score (nSPS) is 10.7. The number of rotatable bonds is 4. The molecule has 0 unspecified atom stereocenters. The Labute approximate surface area is 155 Å². The first kappa shape index (κ1) is 16.7. The second-order valence-corrected chi connectivity index (χ2v) is 6.09. The number of anilines is 1. The maximum Gasteiger partial charge on any atom is 0.283 e. The molecule has 0 saturated carbocycles. The molecule has 7 heteroatoms. The number of amides is 1. The van der Waals surface area contributed by atoms with Gasteiger partial charge in [-0.15, -0.1) is 10.2 Å². The lowest BCUT2D eigenvalue weighted by molar-refractivity contribution is 0.102. The van der Waals surface area contributed by atoms with Crippen molar-refractivity contribution in [1.82, 2.24) is 15.2 Å². The average molecular weight is 360 g/mol. The molecule has 0 spiro atoms. The van der Waals surface area contributed by atoms with Gasteiger partial charge in [-0.2, -0.15) is 0 Å². The van der Waals surface area contributed by atoms with Gasteiger partial charge >= 0.3 is 0 Å². The minimum absolute atomic E-state index is 0.220. The zero-order chi connectivity index (χ0) is 18.8. The molecule has 4 rings (SSSR count). The van der Waals surface area contributed by atoms with Crippen LogP contribution in [0.25, 0.3) is 23.1 Å². The van der Waals surface area contributed by atoms with Crippen molar-refractivity contribution < 1.29 is 13.6 Å². The first-order valence-electron chi connectivity index (χ1n) is 8.32. The number of furan rings is 1. The van der Waals surface area contributed by atoms with Crippen LogP contribution in [0.4, 0.5) is 5.82 Å². The molecule has 0 aliphatic carbocycles. The predicted octanol–water partition coefficient (Wildman–Crippen LogP) is 4.26. The van der Waals surface area contributed by atoms with Gasteiger partial charge in [-0.25, -0.2) is 4.98 Å². The molecule has 0 radical (unpaired) electrons. The van der Waals surface area contributed by atoms with Gasteiger partial charge < -0.3 is 14.2 Å². The van der Waals surface area contributed by atoms with Crippen LogP contribution in [-0.2, 0) is 0 Å². The number of hydrogen-bond acceptors (Lipinski definition) is 6. The summed E-state index contributed by atoms with van der Waals surface area (Å²) in [6, 6.07) is 12.6. The number of carbonyl (C=O) groups is 1. The monoisotopic (exact) mass is 360 g/mol. The fourth-order valence-electron chi connectivity index (χ4n) is 2.64. The summed E-state index contributed by atoms with van der Waals surface area (Å²) in [6.07, 6.45) is 3.11. The average Bonchev–Trinajstić information content (AvgIpc) is 3.35. The van der Waals surface area contributed by atoms with Crippen molar-refractivity contribution in [2.24, 2.45) is 0 Å². The fourth-order valence-corrected chi connectivity index (χ4v) is 2.64. The Bertz CT molecular complexity index is 1100. The largest absolute Gasteiger partial charge is 0.459 e. The zero-order valence-electron chi connectivity index (χ0n) is 14.8. The Kier molecular flexibility index (Phi) is 4.25. The van der Waals surface area contributed by atoms with Gasteiger partial charge in [0.1, 0.15) is 5.82 Å². The Balaban J connectivity index is 1.58. The minimum Gasteiger partial charge on any atom is -0.459 e. The molecular weight excluding hydrogens is 344 g/mol. The Hall–Kier alpha value is -3.74. The standard InChI is InChI=1S/C20H16N4O3/c1-12-5-6-13(2)15(10-12)18(25)22-17-11-14(7-8-21-17)19-23-24-20(27-19)16-4-3-9-26-16/h3-11H,1-2H3,(H,21,22,25). The van der Waals surface area contributed by atoms with Crippen molar-refractivity contribution in [3.63, 3.8) is 0 Å². The Morgan fingerprint density at radius 2 is 1.89 bits per heavy atom. The highest BCUT2D eigenvalue weighted by Crippen LogP contribution is 2.25. The molecule has 7 nitrogen and oxygen atoms in total. The van der Waals surface area contributed by atoms with Gasteiger partial charge in [-0.05, 0) is 49.7 Å². The predicted molar refractivity (Wildman–Crippen MR) is 99.1 cm³/mol. The smallest absolute Gasteiger partial charge is 0.283 e. The van der Waals surface area contributed by atoms with E-state index >= 15 is 0 Å². The first-order chi connectivity index (χ1) is 13.1. The van der Waals surface area contributed by atoms with E-state index in [1.165, 1.54) is 6.26 Å². The fraction of sp³-hybridized carbons (Fsp3) is 0.100. The summed E-state index contributed by atoms with van der Waals surface area (Å²) in [5.74, 6) is 1.27. The number of hydrogen-bond donors (Lipinski definition) is 1. The van der Waals surface area contributed by atoms with Crippen LogP contribution in [0.1, 0.15) is 21.5 Å². The third-order valence-electron chi connectivity index (χ3n) is 4.04. The second kappa shape index (κ2) is 6.87. The highest BCUT2D eigenvalue weighted by Gasteiger charge is 2.14. The van der Waals surface area contributed by atoms with Crippen LogP contribution in [0, 0.1) is 13.8 Å². The second-order valence-electron chi connectivity index (χ2n) is 6.09. The van der Waals surface area contributed by atoms with Crippen molar-refractivity contribution in [3.8, 4) is 23.1 Å². The summed E-state index contributed by atoms with van der Waals surface area (Å²) in [6.45, 7) is 3.84. The van der Waals surface area contributed by atoms with Crippen LogP contribution in [-0.4, -0.2) is 21.1 Å². The number of aromatic nitrogens is 3. The molecule has 3 aromatic heterocycles. The van der Waals surface area contributed by atoms with Gasteiger partial charge in [-0.3, -0.25) is 4.79 Å². The summed E-state index contributed by atoms with van der Waals surface area (Å²) in [7, 11) is 0. The van der Waals surface area contributed by atoms with E-state index in [4.69, 9.17) is 8.83 Å². The quantitative estimate of drug-likeness (QED) is 0.584. The van der Waals surface area contributed by atoms with Gasteiger partial charge in [-0.1, -0.05) is 17.7 Å². The van der Waals surface area contributed by atoms with E-state index < -0.39 is 0 Å². The molecule has 0 aliphatic rings. The summed E-state index contributed by atoms with van der Waals surface area (Å²) < 4.78 is 10.9. The van der Waals surface area contributed by atoms with Gasteiger partial charge in [0, 0.05) is 17.3 Å². The highest BCUT2D eigenvalue weighted by molar-refractivity contribution is 6.05. The third-order valence-corrected chi connectivity index (χ3v) is 4.04. The topological polar surface area (TPSA) is 94.1 Å². The van der Waals surface area contributed by atoms with Crippen molar-refractivity contribution in [3.05, 3.63) is 71.6 Å². The van der Waals surface area contributed by atoms with Crippen LogP contribution in [0.5, 0.6) is 0 Å². The van der Waals surface area contributed by atoms with E-state index in [-0.39, 0.29) is 11.8 Å². The highest BCUT2D eigenvalue weighted by atomic mass is 16.4. The molecular formula is C20H16N4O3. The zero-order valence-corrected chi connectivity index (χ0v) is 14.8. The molecule has 0 bridgehead atoms. The van der Waals surface area contributed by atoms with Crippen molar-refractivity contribution in [1.29, 1.82) is 0 Å². The van der Waals surface area contributed by atoms with Crippen LogP contribution >= 0.6 is 0 Å². The summed E-state index contributed by atoms with van der Waals surface area (Å²) in [5.41, 5.74) is 3.17. The van der Waals surface area contributed by atoms with Gasteiger partial charge in [0.2, 0.25) is 5.89 Å². The number of carbonyl (C=O) groups excluding carboxylic acids is 1. The molecule has 1 N–H and O–H groups in total. The summed E-state index contributed by atoms with van der Waals surface area (Å²) >= 11 is 0. The van der Waals surface area contributed by atoms with Crippen LogP contribution < -0.4 is 5.32 Å². The van der Waals surface area contributed by atoms with Crippen LogP contribution in [0.15, 0.2) is 63.8 Å². The SMILES string of the molecule is Cc1ccc(C)c(C(=O)Nc2cc(-c3nnc(-c4ccco4)o3)ccn2)c1. The molecule has 0 saturated heterocycles. The molecule has 1 aromatic carbocycles. The van der Waals surface area contributed by atoms with Crippen molar-refractivity contribution in [2.45, 2.75) is 13.8 Å². The molecule has 0 atom stereocenters. The maximum absolute atomic E-state index is 12.6. The number of pyridine rings is 1. The van der Waals surface area contributed by atoms with Crippen LogP contribution in [0.2, 0.25) is 0 Å². The molecule has 4 aromatic rings. The van der Waals surface area contributed by atoms with Crippen molar-refractivity contribution in [2.75, 3.05) is 5.32 Å². The lowest BCUT2D eigenvalue weighted by atomic mass is 10.1. The van der Waals surface area contributed by atoms with E-state index in [1.54, 1.807) is 30.5 Å². The number of benzene rings is 1. The third kappa shape index (κ3) is 3.48. The molecule has 1 amide bonds. The lowest BCUT2D eigenvalue weighted by Crippen LogP contribution is -2.14. The molecule has 27 heavy (non-hydrogen) atoms.